The molecule has 0 bridgehead atoms. The van der Waals surface area contributed by atoms with E-state index in [9.17, 15) is 9.90 Å². The molecule has 1 aliphatic heterocycles. The number of fused-ring (bicyclic) bond motifs is 1. The van der Waals surface area contributed by atoms with Gasteiger partial charge in [-0.2, -0.15) is 0 Å². The third-order valence-electron chi connectivity index (χ3n) is 8.96. The molecule has 1 aromatic rings. The molecule has 0 radical (unpaired) electrons. The van der Waals surface area contributed by atoms with Crippen LogP contribution in [0, 0.1) is 17.8 Å². The summed E-state index contributed by atoms with van der Waals surface area (Å²) in [5.74, 6) is 0.352. The van der Waals surface area contributed by atoms with Crippen molar-refractivity contribution in [3.05, 3.63) is 59.2 Å². The van der Waals surface area contributed by atoms with Gasteiger partial charge in [0.2, 0.25) is 0 Å². The molecule has 1 aromatic carbocycles. The zero-order chi connectivity index (χ0) is 31.7. The molecule has 3 unspecified atom stereocenters. The van der Waals surface area contributed by atoms with E-state index in [1.165, 1.54) is 56.9 Å². The lowest BCUT2D eigenvalue weighted by molar-refractivity contribution is -0.204. The van der Waals surface area contributed by atoms with Gasteiger partial charge < -0.3 is 34.3 Å². The van der Waals surface area contributed by atoms with E-state index in [0.29, 0.717) is 12.3 Å². The van der Waals surface area contributed by atoms with Crippen LogP contribution in [0.15, 0.2) is 42.5 Å². The summed E-state index contributed by atoms with van der Waals surface area (Å²) in [6.45, 7) is 10.1. The standard InChI is InChI=1S/C36H56O8/c1-4-5-6-9-28-14-16-33-19-29(15-17-32(33)18-28)12-13-31-22-41-34(42-23-31)11-8-7-10-30(24-43-35(39)26(2)20-37)25-44-36(40)27(3)21-38/h14,16,18,29-31,34-35,37-39H,2-13,15,17,19-25H2,1H3. The van der Waals surface area contributed by atoms with Crippen LogP contribution in [0.25, 0.3) is 0 Å². The van der Waals surface area contributed by atoms with Crippen molar-refractivity contribution in [2.24, 2.45) is 17.8 Å². The molecule has 0 spiro atoms. The third kappa shape index (κ3) is 12.7. The Morgan fingerprint density at radius 2 is 1.75 bits per heavy atom. The Morgan fingerprint density at radius 1 is 0.977 bits per heavy atom. The average Bonchev–Trinajstić information content (AvgIpc) is 3.05. The van der Waals surface area contributed by atoms with Gasteiger partial charge in [-0.1, -0.05) is 57.5 Å². The van der Waals surface area contributed by atoms with Gasteiger partial charge in [0, 0.05) is 17.4 Å². The maximum absolute atomic E-state index is 11.9. The minimum Gasteiger partial charge on any atom is -0.462 e. The van der Waals surface area contributed by atoms with Gasteiger partial charge >= 0.3 is 5.97 Å². The van der Waals surface area contributed by atoms with E-state index in [0.717, 1.165) is 44.8 Å². The molecule has 8 nitrogen and oxygen atoms in total. The summed E-state index contributed by atoms with van der Waals surface area (Å²) in [7, 11) is 0. The van der Waals surface area contributed by atoms with E-state index in [4.69, 9.17) is 29.2 Å². The predicted molar refractivity (Wildman–Crippen MR) is 171 cm³/mol. The number of hydrogen-bond donors (Lipinski definition) is 3. The Morgan fingerprint density at radius 3 is 2.48 bits per heavy atom. The quantitative estimate of drug-likeness (QED) is 0.0550. The van der Waals surface area contributed by atoms with Gasteiger partial charge in [0.25, 0.3) is 0 Å². The Balaban J connectivity index is 1.31. The number of unbranched alkanes of at least 4 members (excludes halogenated alkanes) is 3. The molecule has 2 aliphatic rings. The van der Waals surface area contributed by atoms with E-state index in [2.05, 4.69) is 38.3 Å². The number of carbonyl (C=O) groups is 1. The van der Waals surface area contributed by atoms with Crippen molar-refractivity contribution >= 4 is 5.97 Å². The molecule has 0 saturated carbocycles. The van der Waals surface area contributed by atoms with Gasteiger partial charge in [0.1, 0.15) is 0 Å². The predicted octanol–water partition coefficient (Wildman–Crippen LogP) is 5.45. The molecule has 0 amide bonds. The molecule has 0 aromatic heterocycles. The summed E-state index contributed by atoms with van der Waals surface area (Å²) in [5.41, 5.74) is 4.77. The normalized spacial score (nSPS) is 21.3. The number of aryl methyl sites for hydroxylation is 2. The zero-order valence-electron chi connectivity index (χ0n) is 26.9. The summed E-state index contributed by atoms with van der Waals surface area (Å²) in [6.07, 6.45) is 12.8. The van der Waals surface area contributed by atoms with Crippen molar-refractivity contribution in [3.63, 3.8) is 0 Å². The van der Waals surface area contributed by atoms with E-state index in [1.54, 1.807) is 11.1 Å². The van der Waals surface area contributed by atoms with Gasteiger partial charge in [0.15, 0.2) is 12.6 Å². The lowest BCUT2D eigenvalue weighted by Gasteiger charge is -2.31. The molecule has 248 valence electrons. The molecule has 1 aliphatic carbocycles. The van der Waals surface area contributed by atoms with Crippen LogP contribution in [0.5, 0.6) is 0 Å². The molecule has 1 fully saturated rings. The van der Waals surface area contributed by atoms with Gasteiger partial charge in [-0.15, -0.1) is 0 Å². The highest BCUT2D eigenvalue weighted by molar-refractivity contribution is 5.87. The number of ether oxygens (including phenoxy) is 4. The first-order valence-corrected chi connectivity index (χ1v) is 16.7. The van der Waals surface area contributed by atoms with E-state index in [1.807, 2.05) is 0 Å². The van der Waals surface area contributed by atoms with E-state index in [-0.39, 0.29) is 43.2 Å². The lowest BCUT2D eigenvalue weighted by Crippen LogP contribution is -2.32. The Hall–Kier alpha value is -2.07. The van der Waals surface area contributed by atoms with Gasteiger partial charge in [0.05, 0.1) is 45.2 Å². The number of carbonyl (C=O) groups excluding carboxylic acids is 1. The number of aliphatic hydroxyl groups is 3. The highest BCUT2D eigenvalue weighted by Crippen LogP contribution is 2.31. The number of benzene rings is 1. The van der Waals surface area contributed by atoms with Crippen LogP contribution in [0.1, 0.15) is 87.8 Å². The molecular formula is C36H56O8. The first kappa shape index (κ1) is 36.4. The lowest BCUT2D eigenvalue weighted by atomic mass is 9.80. The molecule has 44 heavy (non-hydrogen) atoms. The van der Waals surface area contributed by atoms with Crippen LogP contribution in [-0.2, 0) is 43.0 Å². The monoisotopic (exact) mass is 616 g/mol. The summed E-state index contributed by atoms with van der Waals surface area (Å²) in [5, 5.41) is 28.2. The number of aliphatic hydroxyl groups excluding tert-OH is 3. The highest BCUT2D eigenvalue weighted by Gasteiger charge is 2.25. The Kier molecular flexibility index (Phi) is 16.7. The SMILES string of the molecule is C=C(CO)C(=O)OCC(CCCCC1OCC(CCC2CCc3cc(CCCCC)ccc3C2)CO1)COC(O)C(=C)CO. The van der Waals surface area contributed by atoms with E-state index < -0.39 is 18.9 Å². The molecule has 1 saturated heterocycles. The number of esters is 1. The molecule has 1 heterocycles. The second kappa shape index (κ2) is 20.1. The molecule has 8 heteroatoms. The van der Waals surface area contributed by atoms with Crippen LogP contribution >= 0.6 is 0 Å². The fourth-order valence-corrected chi connectivity index (χ4v) is 5.99. The molecule has 3 rings (SSSR count). The van der Waals surface area contributed by atoms with Gasteiger partial charge in [-0.25, -0.2) is 4.79 Å². The van der Waals surface area contributed by atoms with Gasteiger partial charge in [-0.05, 0) is 86.8 Å². The largest absolute Gasteiger partial charge is 0.462 e. The second-order valence-corrected chi connectivity index (χ2v) is 12.7. The Bertz CT molecular complexity index is 1020. The zero-order valence-corrected chi connectivity index (χ0v) is 26.9. The van der Waals surface area contributed by atoms with E-state index >= 15 is 0 Å². The first-order chi connectivity index (χ1) is 21.3. The van der Waals surface area contributed by atoms with Gasteiger partial charge in [-0.3, -0.25) is 0 Å². The maximum Gasteiger partial charge on any atom is 0.335 e. The summed E-state index contributed by atoms with van der Waals surface area (Å²) in [6, 6.07) is 7.19. The maximum atomic E-state index is 11.9. The van der Waals surface area contributed by atoms with Crippen molar-refractivity contribution in [2.75, 3.05) is 39.6 Å². The fraction of sp³-hybridized carbons (Fsp3) is 0.694. The van der Waals surface area contributed by atoms with Crippen molar-refractivity contribution < 1.29 is 39.1 Å². The summed E-state index contributed by atoms with van der Waals surface area (Å²) >= 11 is 0. The summed E-state index contributed by atoms with van der Waals surface area (Å²) in [4.78, 5) is 11.9. The third-order valence-corrected chi connectivity index (χ3v) is 8.96. The minimum absolute atomic E-state index is 0.0149. The topological polar surface area (TPSA) is 115 Å². The van der Waals surface area contributed by atoms with Crippen LogP contribution in [0.2, 0.25) is 0 Å². The first-order valence-electron chi connectivity index (χ1n) is 16.7. The van der Waals surface area contributed by atoms with Crippen molar-refractivity contribution in [1.82, 2.24) is 0 Å². The number of hydrogen-bond acceptors (Lipinski definition) is 8. The van der Waals surface area contributed by atoms with Crippen LogP contribution in [0.3, 0.4) is 0 Å². The average molecular weight is 617 g/mol. The Labute approximate surface area is 264 Å². The molecule has 3 atom stereocenters. The fourth-order valence-electron chi connectivity index (χ4n) is 5.99. The minimum atomic E-state index is -1.29. The number of rotatable bonds is 21. The summed E-state index contributed by atoms with van der Waals surface area (Å²) < 4.78 is 22.8. The van der Waals surface area contributed by atoms with Crippen LogP contribution in [-0.4, -0.2) is 73.5 Å². The van der Waals surface area contributed by atoms with Crippen molar-refractivity contribution in [3.8, 4) is 0 Å². The molecule has 3 N–H and O–H groups in total. The van der Waals surface area contributed by atoms with Crippen molar-refractivity contribution in [1.29, 1.82) is 0 Å². The van der Waals surface area contributed by atoms with Crippen LogP contribution < -0.4 is 0 Å². The second-order valence-electron chi connectivity index (χ2n) is 12.7. The highest BCUT2D eigenvalue weighted by atomic mass is 16.7. The molecular weight excluding hydrogens is 560 g/mol. The van der Waals surface area contributed by atoms with Crippen molar-refractivity contribution in [2.45, 2.75) is 103 Å². The van der Waals surface area contributed by atoms with Crippen LogP contribution in [0.4, 0.5) is 0 Å². The smallest absolute Gasteiger partial charge is 0.335 e.